The number of amides is 1. The number of nitrogens with zero attached hydrogens (tertiary/aromatic N) is 4. The Bertz CT molecular complexity index is 670. The third-order valence-corrected chi connectivity index (χ3v) is 5.28. The zero-order valence-electron chi connectivity index (χ0n) is 14.1. The highest BCUT2D eigenvalue weighted by Crippen LogP contribution is 2.28. The first kappa shape index (κ1) is 17.9. The molecule has 0 bridgehead atoms. The minimum absolute atomic E-state index is 0. The number of hydrogen-bond acceptors (Lipinski definition) is 4. The van der Waals surface area contributed by atoms with E-state index < -0.39 is 0 Å². The summed E-state index contributed by atoms with van der Waals surface area (Å²) in [5.74, 6) is 0.260. The molecule has 2 aromatic rings. The first-order chi connectivity index (χ1) is 11.8. The fraction of sp³-hybridized carbons (Fsp3) is 0.500. The van der Waals surface area contributed by atoms with Crippen LogP contribution in [0.2, 0.25) is 0 Å². The molecule has 0 radical (unpaired) electrons. The van der Waals surface area contributed by atoms with Gasteiger partial charge in [-0.05, 0) is 31.2 Å². The van der Waals surface area contributed by atoms with Gasteiger partial charge in [-0.3, -0.25) is 10.1 Å². The molecule has 1 aromatic heterocycles. The highest BCUT2D eigenvalue weighted by atomic mass is 35.5. The van der Waals surface area contributed by atoms with Crippen LogP contribution in [0.1, 0.15) is 43.3 Å². The van der Waals surface area contributed by atoms with Crippen molar-refractivity contribution in [2.24, 2.45) is 0 Å². The summed E-state index contributed by atoms with van der Waals surface area (Å²) in [6.07, 6.45) is 7.43. The van der Waals surface area contributed by atoms with E-state index in [2.05, 4.69) is 44.3 Å². The maximum atomic E-state index is 12.8. The number of rotatable bonds is 3. The van der Waals surface area contributed by atoms with Gasteiger partial charge in [-0.1, -0.05) is 30.3 Å². The number of benzene rings is 1. The average Bonchev–Trinajstić information content (AvgIpc) is 3.34. The van der Waals surface area contributed by atoms with Gasteiger partial charge in [0.05, 0.1) is 6.04 Å². The van der Waals surface area contributed by atoms with E-state index >= 15 is 0 Å². The van der Waals surface area contributed by atoms with Crippen molar-refractivity contribution in [3.8, 4) is 0 Å². The Morgan fingerprint density at radius 2 is 1.68 bits per heavy atom. The van der Waals surface area contributed by atoms with E-state index in [1.807, 2.05) is 11.0 Å². The summed E-state index contributed by atoms with van der Waals surface area (Å²) in [5, 5.41) is 11.3. The molecule has 2 saturated heterocycles. The first-order valence-corrected chi connectivity index (χ1v) is 8.75. The van der Waals surface area contributed by atoms with E-state index in [9.17, 15) is 4.79 Å². The minimum Gasteiger partial charge on any atom is -0.341 e. The lowest BCUT2D eigenvalue weighted by Crippen LogP contribution is -2.47. The van der Waals surface area contributed by atoms with Gasteiger partial charge in [0.1, 0.15) is 12.7 Å². The quantitative estimate of drug-likeness (QED) is 0.911. The van der Waals surface area contributed by atoms with E-state index in [0.29, 0.717) is 12.1 Å². The van der Waals surface area contributed by atoms with Crippen molar-refractivity contribution < 1.29 is 4.79 Å². The second-order valence-electron chi connectivity index (χ2n) is 6.73. The van der Waals surface area contributed by atoms with Crippen molar-refractivity contribution in [1.29, 1.82) is 0 Å². The molecule has 25 heavy (non-hydrogen) atoms. The Hall–Kier alpha value is -1.92. The van der Waals surface area contributed by atoms with E-state index in [-0.39, 0.29) is 24.4 Å². The molecule has 1 aromatic carbocycles. The van der Waals surface area contributed by atoms with Gasteiger partial charge < -0.3 is 9.47 Å². The van der Waals surface area contributed by atoms with Crippen molar-refractivity contribution in [1.82, 2.24) is 25.0 Å². The van der Waals surface area contributed by atoms with Gasteiger partial charge in [0.15, 0.2) is 0 Å². The number of carbonyl (C=O) groups is 1. The smallest absolute Gasteiger partial charge is 0.239 e. The topological polar surface area (TPSA) is 63.1 Å². The van der Waals surface area contributed by atoms with Crippen LogP contribution in [0.3, 0.4) is 0 Å². The fourth-order valence-corrected chi connectivity index (χ4v) is 3.89. The van der Waals surface area contributed by atoms with Crippen LogP contribution in [0, 0.1) is 0 Å². The lowest BCUT2D eigenvalue weighted by molar-refractivity contribution is -0.134. The number of halogens is 1. The molecule has 1 N–H and O–H groups in total. The van der Waals surface area contributed by atoms with Crippen LogP contribution in [0.5, 0.6) is 0 Å². The number of nitrogens with one attached hydrogen (secondary N) is 1. The van der Waals surface area contributed by atoms with Gasteiger partial charge >= 0.3 is 0 Å². The summed E-state index contributed by atoms with van der Waals surface area (Å²) in [5.41, 5.74) is 1.28. The van der Waals surface area contributed by atoms with Crippen molar-refractivity contribution >= 4 is 18.3 Å². The van der Waals surface area contributed by atoms with Crippen LogP contribution in [-0.4, -0.2) is 44.7 Å². The molecule has 0 aliphatic carbocycles. The molecule has 2 fully saturated rings. The number of hydrogen-bond donors (Lipinski definition) is 1. The van der Waals surface area contributed by atoms with E-state index in [1.54, 1.807) is 12.7 Å². The standard InChI is InChI=1S/C18H23N5O.ClH/c24-18(17-7-6-16(21-17)14-4-2-1-3-5-14)22-10-8-15(9-11-22)23-12-19-20-13-23;/h1-5,12-13,15-17,21H,6-11H2;1H/t16-,17-;/m1./s1. The van der Waals surface area contributed by atoms with Crippen LogP contribution in [0.25, 0.3) is 0 Å². The van der Waals surface area contributed by atoms with Gasteiger partial charge in [0.2, 0.25) is 5.91 Å². The third-order valence-electron chi connectivity index (χ3n) is 5.28. The summed E-state index contributed by atoms with van der Waals surface area (Å²) < 4.78 is 2.06. The zero-order chi connectivity index (χ0) is 16.4. The largest absolute Gasteiger partial charge is 0.341 e. The van der Waals surface area contributed by atoms with Crippen LogP contribution in [0.4, 0.5) is 0 Å². The average molecular weight is 362 g/mol. The molecular formula is C18H24ClN5O. The molecule has 3 heterocycles. The SMILES string of the molecule is Cl.O=C([C@H]1CC[C@H](c2ccccc2)N1)N1CCC(n2cnnc2)CC1. The first-order valence-electron chi connectivity index (χ1n) is 8.75. The molecule has 2 aliphatic rings. The van der Waals surface area contributed by atoms with Crippen molar-refractivity contribution in [3.63, 3.8) is 0 Å². The Kier molecular flexibility index (Phi) is 5.71. The molecule has 1 amide bonds. The highest BCUT2D eigenvalue weighted by molar-refractivity contribution is 5.85. The zero-order valence-corrected chi connectivity index (χ0v) is 14.9. The lowest BCUT2D eigenvalue weighted by atomic mass is 10.0. The fourth-order valence-electron chi connectivity index (χ4n) is 3.89. The van der Waals surface area contributed by atoms with Crippen molar-refractivity contribution in [2.45, 2.75) is 43.8 Å². The van der Waals surface area contributed by atoms with E-state index in [0.717, 1.165) is 38.8 Å². The Morgan fingerprint density at radius 3 is 2.36 bits per heavy atom. The molecule has 0 spiro atoms. The Balaban J connectivity index is 0.00000182. The number of likely N-dealkylation sites (tertiary alicyclic amines) is 1. The molecular weight excluding hydrogens is 338 g/mol. The van der Waals surface area contributed by atoms with Gasteiger partial charge in [0, 0.05) is 25.2 Å². The summed E-state index contributed by atoms with van der Waals surface area (Å²) >= 11 is 0. The molecule has 4 rings (SSSR count). The van der Waals surface area contributed by atoms with E-state index in [4.69, 9.17) is 0 Å². The maximum Gasteiger partial charge on any atom is 0.239 e. The predicted octanol–water partition coefficient (Wildman–Crippen LogP) is 2.36. The van der Waals surface area contributed by atoms with Crippen LogP contribution < -0.4 is 5.32 Å². The molecule has 0 saturated carbocycles. The van der Waals surface area contributed by atoms with E-state index in [1.165, 1.54) is 5.56 Å². The molecule has 2 atom stereocenters. The normalized spacial score (nSPS) is 24.1. The van der Waals surface area contributed by atoms with Crippen molar-refractivity contribution in [3.05, 3.63) is 48.5 Å². The molecule has 6 nitrogen and oxygen atoms in total. The lowest BCUT2D eigenvalue weighted by Gasteiger charge is -2.34. The number of piperidine rings is 1. The molecule has 7 heteroatoms. The molecule has 134 valence electrons. The summed E-state index contributed by atoms with van der Waals surface area (Å²) in [6, 6.07) is 11.1. The third kappa shape index (κ3) is 3.85. The van der Waals surface area contributed by atoms with Gasteiger partial charge in [0.25, 0.3) is 0 Å². The Morgan fingerprint density at radius 1 is 1.00 bits per heavy atom. The number of carbonyl (C=O) groups excluding carboxylic acids is 1. The summed E-state index contributed by atoms with van der Waals surface area (Å²) in [7, 11) is 0. The van der Waals surface area contributed by atoms with Gasteiger partial charge in [-0.15, -0.1) is 22.6 Å². The highest BCUT2D eigenvalue weighted by Gasteiger charge is 2.34. The van der Waals surface area contributed by atoms with Crippen molar-refractivity contribution in [2.75, 3.05) is 13.1 Å². The van der Waals surface area contributed by atoms with Gasteiger partial charge in [-0.25, -0.2) is 0 Å². The second kappa shape index (κ2) is 7.97. The Labute approximate surface area is 154 Å². The summed E-state index contributed by atoms with van der Waals surface area (Å²) in [4.78, 5) is 14.8. The predicted molar refractivity (Wildman–Crippen MR) is 97.5 cm³/mol. The molecule has 0 unspecified atom stereocenters. The number of aromatic nitrogens is 3. The molecule has 2 aliphatic heterocycles. The maximum absolute atomic E-state index is 12.8. The minimum atomic E-state index is -0.0401. The van der Waals surface area contributed by atoms with Crippen LogP contribution in [-0.2, 0) is 4.79 Å². The second-order valence-corrected chi connectivity index (χ2v) is 6.73. The van der Waals surface area contributed by atoms with Crippen LogP contribution in [0.15, 0.2) is 43.0 Å². The van der Waals surface area contributed by atoms with Crippen LogP contribution >= 0.6 is 12.4 Å². The van der Waals surface area contributed by atoms with Gasteiger partial charge in [-0.2, -0.15) is 0 Å². The monoisotopic (exact) mass is 361 g/mol. The summed E-state index contributed by atoms with van der Waals surface area (Å²) in [6.45, 7) is 1.63.